The molecule has 204 valence electrons. The van der Waals surface area contributed by atoms with E-state index in [2.05, 4.69) is 15.3 Å². The van der Waals surface area contributed by atoms with E-state index in [-0.39, 0.29) is 24.2 Å². The van der Waals surface area contributed by atoms with Gasteiger partial charge in [-0.1, -0.05) is 30.2 Å². The van der Waals surface area contributed by atoms with Gasteiger partial charge in [0.25, 0.3) is 0 Å². The molecule has 0 amide bonds. The molecule has 0 spiro atoms. The van der Waals surface area contributed by atoms with Crippen LogP contribution in [0.5, 0.6) is 6.01 Å². The monoisotopic (exact) mass is 542 g/mol. The lowest BCUT2D eigenvalue weighted by atomic mass is 9.80. The maximum atomic E-state index is 15.1. The van der Waals surface area contributed by atoms with Crippen molar-refractivity contribution in [1.82, 2.24) is 14.5 Å². The number of anilines is 1. The number of benzene rings is 2. The summed E-state index contributed by atoms with van der Waals surface area (Å²) in [5.74, 6) is 0.192. The highest BCUT2D eigenvalue weighted by Gasteiger charge is 2.30. The van der Waals surface area contributed by atoms with Crippen LogP contribution >= 0.6 is 0 Å². The van der Waals surface area contributed by atoms with Gasteiger partial charge in [-0.25, -0.2) is 9.18 Å². The largest absolute Gasteiger partial charge is 0.513 e. The Labute approximate surface area is 221 Å². The summed E-state index contributed by atoms with van der Waals surface area (Å²) in [5, 5.41) is 12.5. The smallest absolute Gasteiger partial charge is 0.449 e. The van der Waals surface area contributed by atoms with E-state index in [1.807, 2.05) is 13.8 Å². The number of carbonyl (C=O) groups is 1. The fraction of sp³-hybridized carbons (Fsp3) is 0.321. The molecule has 2 aromatic heterocycles. The van der Waals surface area contributed by atoms with Gasteiger partial charge in [0.15, 0.2) is 5.82 Å². The van der Waals surface area contributed by atoms with Gasteiger partial charge < -0.3 is 19.7 Å². The number of aryl methyl sites for hydroxylation is 1. The van der Waals surface area contributed by atoms with E-state index in [0.717, 1.165) is 37.0 Å². The Morgan fingerprint density at radius 1 is 1.15 bits per heavy atom. The second kappa shape index (κ2) is 10.2. The average molecular weight is 543 g/mol. The van der Waals surface area contributed by atoms with Crippen molar-refractivity contribution >= 4 is 23.0 Å². The number of alkyl halides is 3. The molecule has 0 unspecified atom stereocenters. The first-order chi connectivity index (χ1) is 18.5. The molecule has 1 fully saturated rings. The highest BCUT2D eigenvalue weighted by molar-refractivity contribution is 5.92. The molecule has 7 nitrogen and oxygen atoms in total. The minimum absolute atomic E-state index is 0.0110. The van der Waals surface area contributed by atoms with Crippen molar-refractivity contribution in [2.24, 2.45) is 5.92 Å². The molecule has 1 saturated carbocycles. The van der Waals surface area contributed by atoms with Crippen molar-refractivity contribution in [2.45, 2.75) is 51.9 Å². The van der Waals surface area contributed by atoms with Crippen molar-refractivity contribution in [3.63, 3.8) is 0 Å². The molecular formula is C28H26F4N4O3. The summed E-state index contributed by atoms with van der Waals surface area (Å²) in [6.07, 6.45) is -2.87. The van der Waals surface area contributed by atoms with Crippen molar-refractivity contribution in [3.05, 3.63) is 71.0 Å². The molecular weight excluding hydrogens is 516 g/mol. The molecule has 1 aliphatic carbocycles. The van der Waals surface area contributed by atoms with Crippen LogP contribution in [0.1, 0.15) is 42.9 Å². The predicted octanol–water partition coefficient (Wildman–Crippen LogP) is 7.27. The minimum atomic E-state index is -4.47. The molecule has 0 radical (unpaired) electrons. The number of fused-ring (bicyclic) bond motifs is 1. The van der Waals surface area contributed by atoms with Crippen LogP contribution in [-0.4, -0.2) is 31.8 Å². The van der Waals surface area contributed by atoms with Gasteiger partial charge >= 0.3 is 18.3 Å². The number of ether oxygens (including phenoxy) is 1. The number of nitrogens with zero attached hydrogens (tertiary/aromatic N) is 3. The fourth-order valence-electron chi connectivity index (χ4n) is 4.85. The van der Waals surface area contributed by atoms with Crippen LogP contribution in [0.4, 0.5) is 28.2 Å². The van der Waals surface area contributed by atoms with Gasteiger partial charge in [0.2, 0.25) is 0 Å². The highest BCUT2D eigenvalue weighted by Crippen LogP contribution is 2.37. The molecule has 2 N–H and O–H groups in total. The minimum Gasteiger partial charge on any atom is -0.449 e. The first-order valence-corrected chi connectivity index (χ1v) is 12.5. The Morgan fingerprint density at radius 2 is 1.87 bits per heavy atom. The van der Waals surface area contributed by atoms with E-state index in [0.29, 0.717) is 34.0 Å². The maximum absolute atomic E-state index is 15.1. The number of hydrogen-bond donors (Lipinski definition) is 2. The molecule has 2 aromatic carbocycles. The zero-order valence-electron chi connectivity index (χ0n) is 21.2. The molecule has 11 heteroatoms. The van der Waals surface area contributed by atoms with Crippen LogP contribution in [0.15, 0.2) is 48.5 Å². The molecule has 1 aliphatic rings. The van der Waals surface area contributed by atoms with Gasteiger partial charge in [-0.2, -0.15) is 23.1 Å². The first-order valence-electron chi connectivity index (χ1n) is 12.5. The Morgan fingerprint density at radius 3 is 2.49 bits per heavy atom. The van der Waals surface area contributed by atoms with E-state index >= 15 is 4.39 Å². The van der Waals surface area contributed by atoms with Crippen molar-refractivity contribution < 1.29 is 32.2 Å². The molecule has 5 rings (SSSR count). The van der Waals surface area contributed by atoms with Crippen LogP contribution in [0, 0.1) is 18.7 Å². The molecule has 4 aromatic rings. The summed E-state index contributed by atoms with van der Waals surface area (Å²) in [4.78, 5) is 19.9. The van der Waals surface area contributed by atoms with Gasteiger partial charge in [-0.05, 0) is 68.5 Å². The van der Waals surface area contributed by atoms with E-state index in [9.17, 15) is 18.0 Å². The van der Waals surface area contributed by atoms with Crippen LogP contribution in [0.3, 0.4) is 0 Å². The zero-order valence-corrected chi connectivity index (χ0v) is 21.2. The van der Waals surface area contributed by atoms with E-state index in [4.69, 9.17) is 9.84 Å². The zero-order chi connectivity index (χ0) is 27.9. The van der Waals surface area contributed by atoms with E-state index < -0.39 is 23.7 Å². The summed E-state index contributed by atoms with van der Waals surface area (Å²) in [5.41, 5.74) is 1.99. The predicted molar refractivity (Wildman–Crippen MR) is 137 cm³/mol. The highest BCUT2D eigenvalue weighted by atomic mass is 19.4. The Hall–Kier alpha value is -4.15. The third-order valence-corrected chi connectivity index (χ3v) is 7.14. The Balaban J connectivity index is 1.70. The molecule has 0 aliphatic heterocycles. The molecule has 2 heterocycles. The van der Waals surface area contributed by atoms with Gasteiger partial charge in [0.05, 0.1) is 16.8 Å². The normalized spacial score (nSPS) is 14.7. The van der Waals surface area contributed by atoms with E-state index in [1.54, 1.807) is 22.8 Å². The summed E-state index contributed by atoms with van der Waals surface area (Å²) < 4.78 is 61.1. The van der Waals surface area contributed by atoms with Crippen LogP contribution in [-0.2, 0) is 12.7 Å². The molecule has 1 atom stereocenters. The number of hydrogen-bond acceptors (Lipinski definition) is 5. The number of rotatable bonds is 7. The third kappa shape index (κ3) is 5.52. The molecule has 0 bridgehead atoms. The quantitative estimate of drug-likeness (QED) is 0.189. The fourth-order valence-corrected chi connectivity index (χ4v) is 4.85. The standard InChI is InChI=1S/C28H26F4N4O3/c1-15-6-11-21(29)20(12-15)23-13-22-24(36(23)14-17-7-9-19(10-8-17)28(30,31)32)25(33-16(2)18-4-3-5-18)35-26(34-22)39-27(37)38/h6-13,16,18H,3-5,14H2,1-2H3,(H,37,38)(H,33,34,35)/t16-/m1/s1. The van der Waals surface area contributed by atoms with Crippen molar-refractivity contribution in [1.29, 1.82) is 0 Å². The molecule has 0 saturated heterocycles. The number of carboxylic acid groups (broad SMARTS) is 1. The number of halogens is 4. The average Bonchev–Trinajstić information content (AvgIpc) is 3.17. The van der Waals surface area contributed by atoms with Gasteiger partial charge in [0.1, 0.15) is 11.3 Å². The summed E-state index contributed by atoms with van der Waals surface area (Å²) >= 11 is 0. The second-order valence-corrected chi connectivity index (χ2v) is 9.87. The second-order valence-electron chi connectivity index (χ2n) is 9.87. The Kier molecular flexibility index (Phi) is 6.92. The van der Waals surface area contributed by atoms with Gasteiger partial charge in [-0.3, -0.25) is 0 Å². The number of nitrogens with one attached hydrogen (secondary N) is 1. The third-order valence-electron chi connectivity index (χ3n) is 7.14. The lowest BCUT2D eigenvalue weighted by Crippen LogP contribution is -2.31. The summed E-state index contributed by atoms with van der Waals surface area (Å²) in [7, 11) is 0. The van der Waals surface area contributed by atoms with Gasteiger partial charge in [-0.15, -0.1) is 0 Å². The maximum Gasteiger partial charge on any atom is 0.513 e. The Bertz CT molecular complexity index is 1530. The number of aromatic nitrogens is 3. The van der Waals surface area contributed by atoms with Crippen LogP contribution in [0.2, 0.25) is 0 Å². The van der Waals surface area contributed by atoms with Crippen LogP contribution < -0.4 is 10.1 Å². The SMILES string of the molecule is Cc1ccc(F)c(-c2cc3nc(OC(=O)O)nc(N[C@H](C)C4CCC4)c3n2Cc2ccc(C(F)(F)F)cc2)c1. The lowest BCUT2D eigenvalue weighted by molar-refractivity contribution is -0.137. The van der Waals surface area contributed by atoms with E-state index in [1.165, 1.54) is 18.2 Å². The topological polar surface area (TPSA) is 89.3 Å². The summed E-state index contributed by atoms with van der Waals surface area (Å²) in [6.45, 7) is 3.90. The first kappa shape index (κ1) is 26.5. The van der Waals surface area contributed by atoms with Crippen molar-refractivity contribution in [2.75, 3.05) is 5.32 Å². The van der Waals surface area contributed by atoms with Crippen LogP contribution in [0.25, 0.3) is 22.3 Å². The summed E-state index contributed by atoms with van der Waals surface area (Å²) in [6, 6.07) is 10.6. The molecule has 39 heavy (non-hydrogen) atoms. The van der Waals surface area contributed by atoms with Gasteiger partial charge in [0, 0.05) is 18.2 Å². The lowest BCUT2D eigenvalue weighted by Gasteiger charge is -2.32. The van der Waals surface area contributed by atoms with Crippen molar-refractivity contribution in [3.8, 4) is 17.3 Å².